The van der Waals surface area contributed by atoms with Gasteiger partial charge in [0.2, 0.25) is 0 Å². The average Bonchev–Trinajstić information content (AvgIpc) is 2.52. The third-order valence-corrected chi connectivity index (χ3v) is 4.22. The molecule has 5 heteroatoms. The molecule has 0 aliphatic rings. The zero-order chi connectivity index (χ0) is 15.9. The van der Waals surface area contributed by atoms with Crippen LogP contribution >= 0.6 is 27.5 Å². The molecule has 0 amide bonds. The van der Waals surface area contributed by atoms with Crippen molar-refractivity contribution in [2.24, 2.45) is 0 Å². The van der Waals surface area contributed by atoms with Crippen LogP contribution in [0.5, 0.6) is 5.75 Å². The normalized spacial score (nSPS) is 12.2. The summed E-state index contributed by atoms with van der Waals surface area (Å²) in [5.41, 5.74) is 2.04. The van der Waals surface area contributed by atoms with Crippen LogP contribution in [0.15, 0.2) is 46.9 Å². The molecule has 0 saturated heterocycles. The fourth-order valence-electron chi connectivity index (χ4n) is 2.14. The van der Waals surface area contributed by atoms with Gasteiger partial charge in [-0.15, -0.1) is 0 Å². The molecule has 0 aliphatic heterocycles. The molecule has 22 heavy (non-hydrogen) atoms. The van der Waals surface area contributed by atoms with Crippen LogP contribution in [0.4, 0.5) is 0 Å². The molecule has 0 fully saturated rings. The predicted octanol–water partition coefficient (Wildman–Crippen LogP) is 3.98. The van der Waals surface area contributed by atoms with Gasteiger partial charge in [-0.3, -0.25) is 0 Å². The molecule has 0 heterocycles. The van der Waals surface area contributed by atoms with Crippen LogP contribution in [0.2, 0.25) is 5.02 Å². The molecule has 0 aliphatic carbocycles. The van der Waals surface area contributed by atoms with Crippen molar-refractivity contribution in [1.29, 1.82) is 0 Å². The standard InChI is InChI=1S/C17H19BrClNO2/c1-22-17-7-2-12(10-15(17)19)8-9-20-11-16(21)13-3-5-14(18)6-4-13/h2-7,10,16,20-21H,8-9,11H2,1H3. The summed E-state index contributed by atoms with van der Waals surface area (Å²) in [5.74, 6) is 0.684. The highest BCUT2D eigenvalue weighted by Crippen LogP contribution is 2.25. The van der Waals surface area contributed by atoms with E-state index in [9.17, 15) is 5.11 Å². The first-order chi connectivity index (χ1) is 10.6. The van der Waals surface area contributed by atoms with Crippen molar-refractivity contribution in [1.82, 2.24) is 5.32 Å². The molecule has 0 bridgehead atoms. The van der Waals surface area contributed by atoms with Gasteiger partial charge in [-0.25, -0.2) is 0 Å². The van der Waals surface area contributed by atoms with Gasteiger partial charge < -0.3 is 15.2 Å². The molecule has 2 N–H and O–H groups in total. The van der Waals surface area contributed by atoms with E-state index in [0.29, 0.717) is 17.3 Å². The van der Waals surface area contributed by atoms with Gasteiger partial charge >= 0.3 is 0 Å². The smallest absolute Gasteiger partial charge is 0.137 e. The van der Waals surface area contributed by atoms with Crippen LogP contribution in [-0.2, 0) is 6.42 Å². The summed E-state index contributed by atoms with van der Waals surface area (Å²) in [6.45, 7) is 1.29. The zero-order valence-corrected chi connectivity index (χ0v) is 14.7. The van der Waals surface area contributed by atoms with Crippen LogP contribution < -0.4 is 10.1 Å². The first-order valence-electron chi connectivity index (χ1n) is 7.07. The van der Waals surface area contributed by atoms with E-state index in [1.54, 1.807) is 7.11 Å². The minimum Gasteiger partial charge on any atom is -0.495 e. The van der Waals surface area contributed by atoms with Crippen molar-refractivity contribution >= 4 is 27.5 Å². The van der Waals surface area contributed by atoms with E-state index < -0.39 is 6.10 Å². The number of methoxy groups -OCH3 is 1. The van der Waals surface area contributed by atoms with E-state index >= 15 is 0 Å². The molecule has 3 nitrogen and oxygen atoms in total. The second kappa shape index (κ2) is 8.53. The van der Waals surface area contributed by atoms with Crippen molar-refractivity contribution in [2.45, 2.75) is 12.5 Å². The summed E-state index contributed by atoms with van der Waals surface area (Å²) in [7, 11) is 1.60. The van der Waals surface area contributed by atoms with Gasteiger partial charge in [0.05, 0.1) is 18.2 Å². The fraction of sp³-hybridized carbons (Fsp3) is 0.294. The first-order valence-corrected chi connectivity index (χ1v) is 8.24. The lowest BCUT2D eigenvalue weighted by Gasteiger charge is -2.12. The van der Waals surface area contributed by atoms with Crippen LogP contribution in [0.25, 0.3) is 0 Å². The number of rotatable bonds is 7. The summed E-state index contributed by atoms with van der Waals surface area (Å²) < 4.78 is 6.14. The third kappa shape index (κ3) is 4.99. The molecule has 0 spiro atoms. The molecule has 2 aromatic rings. The SMILES string of the molecule is COc1ccc(CCNCC(O)c2ccc(Br)cc2)cc1Cl. The second-order valence-electron chi connectivity index (χ2n) is 4.99. The Bertz CT molecular complexity index is 604. The number of aliphatic hydroxyl groups excluding tert-OH is 1. The van der Waals surface area contributed by atoms with Crippen molar-refractivity contribution in [3.8, 4) is 5.75 Å². The van der Waals surface area contributed by atoms with Gasteiger partial charge in [0, 0.05) is 11.0 Å². The zero-order valence-electron chi connectivity index (χ0n) is 12.4. The maximum atomic E-state index is 10.1. The highest BCUT2D eigenvalue weighted by Gasteiger charge is 2.07. The lowest BCUT2D eigenvalue weighted by Crippen LogP contribution is -2.23. The molecule has 2 aromatic carbocycles. The van der Waals surface area contributed by atoms with E-state index in [1.165, 1.54) is 0 Å². The highest BCUT2D eigenvalue weighted by atomic mass is 79.9. The molecule has 2 rings (SSSR count). The van der Waals surface area contributed by atoms with E-state index in [1.807, 2.05) is 42.5 Å². The summed E-state index contributed by atoms with van der Waals surface area (Å²) >= 11 is 9.48. The number of hydrogen-bond acceptors (Lipinski definition) is 3. The fourth-order valence-corrected chi connectivity index (χ4v) is 2.68. The van der Waals surface area contributed by atoms with Gasteiger partial charge in [0.1, 0.15) is 5.75 Å². The lowest BCUT2D eigenvalue weighted by atomic mass is 10.1. The van der Waals surface area contributed by atoms with E-state index in [0.717, 1.165) is 28.6 Å². The summed E-state index contributed by atoms with van der Waals surface area (Å²) in [6, 6.07) is 13.5. The Labute approximate surface area is 144 Å². The second-order valence-corrected chi connectivity index (χ2v) is 6.31. The number of aliphatic hydroxyl groups is 1. The van der Waals surface area contributed by atoms with Gasteiger partial charge in [-0.1, -0.05) is 45.7 Å². The maximum absolute atomic E-state index is 10.1. The van der Waals surface area contributed by atoms with E-state index in [4.69, 9.17) is 16.3 Å². The largest absolute Gasteiger partial charge is 0.495 e. The number of benzene rings is 2. The predicted molar refractivity (Wildman–Crippen MR) is 93.7 cm³/mol. The Balaban J connectivity index is 1.77. The average molecular weight is 385 g/mol. The quantitative estimate of drug-likeness (QED) is 0.710. The summed E-state index contributed by atoms with van der Waals surface area (Å²) in [5, 5.41) is 14.0. The van der Waals surface area contributed by atoms with Crippen molar-refractivity contribution in [2.75, 3.05) is 20.2 Å². The van der Waals surface area contributed by atoms with Gasteiger partial charge in [-0.2, -0.15) is 0 Å². The van der Waals surface area contributed by atoms with Gasteiger partial charge in [0.15, 0.2) is 0 Å². The molecule has 1 unspecified atom stereocenters. The first kappa shape index (κ1) is 17.3. The minimum atomic E-state index is -0.507. The molecular weight excluding hydrogens is 366 g/mol. The van der Waals surface area contributed by atoms with Crippen LogP contribution in [0.1, 0.15) is 17.2 Å². The van der Waals surface area contributed by atoms with Crippen LogP contribution in [0.3, 0.4) is 0 Å². The number of ether oxygens (including phenoxy) is 1. The van der Waals surface area contributed by atoms with Crippen molar-refractivity contribution < 1.29 is 9.84 Å². The minimum absolute atomic E-state index is 0.507. The molecule has 0 saturated carbocycles. The molecule has 0 radical (unpaired) electrons. The highest BCUT2D eigenvalue weighted by molar-refractivity contribution is 9.10. The van der Waals surface area contributed by atoms with E-state index in [2.05, 4.69) is 21.2 Å². The maximum Gasteiger partial charge on any atom is 0.137 e. The van der Waals surface area contributed by atoms with Crippen molar-refractivity contribution in [3.05, 3.63) is 63.1 Å². The Morgan fingerprint density at radius 1 is 1.23 bits per heavy atom. The van der Waals surface area contributed by atoms with Gasteiger partial charge in [-0.05, 0) is 48.4 Å². The Hall–Kier alpha value is -1.07. The topological polar surface area (TPSA) is 41.5 Å². The Morgan fingerprint density at radius 3 is 2.59 bits per heavy atom. The molecule has 118 valence electrons. The summed E-state index contributed by atoms with van der Waals surface area (Å²) in [4.78, 5) is 0. The number of nitrogens with one attached hydrogen (secondary N) is 1. The Morgan fingerprint density at radius 2 is 1.95 bits per heavy atom. The van der Waals surface area contributed by atoms with Gasteiger partial charge in [0.25, 0.3) is 0 Å². The van der Waals surface area contributed by atoms with Crippen LogP contribution in [0, 0.1) is 0 Å². The van der Waals surface area contributed by atoms with E-state index in [-0.39, 0.29) is 0 Å². The molecular formula is C17H19BrClNO2. The monoisotopic (exact) mass is 383 g/mol. The summed E-state index contributed by atoms with van der Waals surface area (Å²) in [6.07, 6.45) is 0.337. The lowest BCUT2D eigenvalue weighted by molar-refractivity contribution is 0.175. The molecule has 1 atom stereocenters. The Kier molecular flexibility index (Phi) is 6.70. The molecule has 0 aromatic heterocycles. The third-order valence-electron chi connectivity index (χ3n) is 3.40. The number of halogens is 2. The van der Waals surface area contributed by atoms with Crippen LogP contribution in [-0.4, -0.2) is 25.3 Å². The van der Waals surface area contributed by atoms with Crippen molar-refractivity contribution in [3.63, 3.8) is 0 Å². The number of hydrogen-bond donors (Lipinski definition) is 2.